The van der Waals surface area contributed by atoms with Gasteiger partial charge in [-0.05, 0) is 24.7 Å². The van der Waals surface area contributed by atoms with Gasteiger partial charge in [0.25, 0.3) is 0 Å². The standard InChI is InChI=1S/C13H24O4/c1-9(2)6-12(14)17-13(15)10(3)7-11-4-5-16-8-11/h9-12,14H,4-8H2,1-3H3. The molecule has 100 valence electrons. The lowest BCUT2D eigenvalue weighted by Crippen LogP contribution is -2.25. The molecule has 3 atom stereocenters. The fourth-order valence-corrected chi connectivity index (χ4v) is 2.07. The maximum Gasteiger partial charge on any atom is 0.310 e. The van der Waals surface area contributed by atoms with Crippen LogP contribution in [-0.2, 0) is 14.3 Å². The van der Waals surface area contributed by atoms with Gasteiger partial charge in [0, 0.05) is 19.6 Å². The number of hydrogen-bond acceptors (Lipinski definition) is 4. The Labute approximate surface area is 103 Å². The molecule has 1 aliphatic rings. The van der Waals surface area contributed by atoms with E-state index in [9.17, 15) is 9.90 Å². The van der Waals surface area contributed by atoms with Crippen molar-refractivity contribution >= 4 is 5.97 Å². The van der Waals surface area contributed by atoms with E-state index in [0.717, 1.165) is 26.1 Å². The van der Waals surface area contributed by atoms with Crippen LogP contribution in [0.4, 0.5) is 0 Å². The maximum absolute atomic E-state index is 11.7. The lowest BCUT2D eigenvalue weighted by atomic mass is 9.95. The minimum absolute atomic E-state index is 0.163. The van der Waals surface area contributed by atoms with Crippen LogP contribution >= 0.6 is 0 Å². The molecule has 0 aromatic heterocycles. The van der Waals surface area contributed by atoms with Crippen molar-refractivity contribution in [1.29, 1.82) is 0 Å². The average Bonchev–Trinajstić information content (AvgIpc) is 2.68. The summed E-state index contributed by atoms with van der Waals surface area (Å²) < 4.78 is 10.3. The molecule has 1 rings (SSSR count). The zero-order chi connectivity index (χ0) is 12.8. The molecule has 17 heavy (non-hydrogen) atoms. The molecule has 0 aliphatic carbocycles. The first-order chi connectivity index (χ1) is 7.99. The highest BCUT2D eigenvalue weighted by Crippen LogP contribution is 2.22. The predicted octanol–water partition coefficient (Wildman–Crippen LogP) is 1.96. The summed E-state index contributed by atoms with van der Waals surface area (Å²) in [6, 6.07) is 0. The Balaban J connectivity index is 2.25. The van der Waals surface area contributed by atoms with Crippen LogP contribution in [0.2, 0.25) is 0 Å². The Bertz CT molecular complexity index is 234. The molecular weight excluding hydrogens is 220 g/mol. The Hall–Kier alpha value is -0.610. The van der Waals surface area contributed by atoms with E-state index in [1.165, 1.54) is 0 Å². The van der Waals surface area contributed by atoms with Gasteiger partial charge in [0.15, 0.2) is 0 Å². The highest BCUT2D eigenvalue weighted by atomic mass is 16.6. The smallest absolute Gasteiger partial charge is 0.310 e. The number of rotatable bonds is 6. The van der Waals surface area contributed by atoms with Crippen molar-refractivity contribution < 1.29 is 19.4 Å². The second-order valence-corrected chi connectivity index (χ2v) is 5.39. The largest absolute Gasteiger partial charge is 0.436 e. The quantitative estimate of drug-likeness (QED) is 0.573. The molecule has 1 aliphatic heterocycles. The summed E-state index contributed by atoms with van der Waals surface area (Å²) in [5.74, 6) is 0.310. The first-order valence-electron chi connectivity index (χ1n) is 6.45. The summed E-state index contributed by atoms with van der Waals surface area (Å²) in [6.07, 6.45) is 1.33. The molecule has 1 fully saturated rings. The van der Waals surface area contributed by atoms with Crippen LogP contribution in [0.3, 0.4) is 0 Å². The molecule has 1 heterocycles. The van der Waals surface area contributed by atoms with Crippen molar-refractivity contribution in [2.45, 2.75) is 46.3 Å². The van der Waals surface area contributed by atoms with Crippen LogP contribution in [0.15, 0.2) is 0 Å². The SMILES string of the molecule is CC(C)CC(O)OC(=O)C(C)CC1CCOC1. The molecule has 1 N–H and O–H groups in total. The summed E-state index contributed by atoms with van der Waals surface area (Å²) >= 11 is 0. The summed E-state index contributed by atoms with van der Waals surface area (Å²) in [5.41, 5.74) is 0. The van der Waals surface area contributed by atoms with E-state index in [-0.39, 0.29) is 11.9 Å². The molecule has 4 heteroatoms. The van der Waals surface area contributed by atoms with E-state index in [1.54, 1.807) is 0 Å². The molecule has 4 nitrogen and oxygen atoms in total. The number of ether oxygens (including phenoxy) is 2. The van der Waals surface area contributed by atoms with Crippen molar-refractivity contribution in [1.82, 2.24) is 0 Å². The number of esters is 1. The second kappa shape index (κ2) is 6.97. The molecular formula is C13H24O4. The topological polar surface area (TPSA) is 55.8 Å². The lowest BCUT2D eigenvalue weighted by Gasteiger charge is -2.18. The highest BCUT2D eigenvalue weighted by Gasteiger charge is 2.24. The molecule has 0 radical (unpaired) electrons. The number of hydrogen-bond donors (Lipinski definition) is 1. The van der Waals surface area contributed by atoms with Crippen molar-refractivity contribution in [3.63, 3.8) is 0 Å². The van der Waals surface area contributed by atoms with Gasteiger partial charge in [-0.3, -0.25) is 4.79 Å². The van der Waals surface area contributed by atoms with E-state index >= 15 is 0 Å². The molecule has 0 amide bonds. The summed E-state index contributed by atoms with van der Waals surface area (Å²) in [7, 11) is 0. The Morgan fingerprint density at radius 1 is 1.47 bits per heavy atom. The van der Waals surface area contributed by atoms with Crippen molar-refractivity contribution in [2.24, 2.45) is 17.8 Å². The zero-order valence-electron chi connectivity index (χ0n) is 11.0. The Kier molecular flexibility index (Phi) is 5.92. The van der Waals surface area contributed by atoms with E-state index in [1.807, 2.05) is 20.8 Å². The molecule has 0 spiro atoms. The molecule has 0 saturated carbocycles. The fourth-order valence-electron chi connectivity index (χ4n) is 2.07. The molecule has 0 aromatic carbocycles. The van der Waals surface area contributed by atoms with Crippen LogP contribution in [0.25, 0.3) is 0 Å². The Morgan fingerprint density at radius 2 is 2.18 bits per heavy atom. The van der Waals surface area contributed by atoms with Crippen molar-refractivity contribution in [2.75, 3.05) is 13.2 Å². The zero-order valence-corrected chi connectivity index (χ0v) is 11.0. The minimum Gasteiger partial charge on any atom is -0.436 e. The molecule has 1 saturated heterocycles. The maximum atomic E-state index is 11.7. The third-order valence-electron chi connectivity index (χ3n) is 3.04. The molecule has 0 aromatic rings. The van der Waals surface area contributed by atoms with Gasteiger partial charge in [-0.1, -0.05) is 20.8 Å². The van der Waals surface area contributed by atoms with Crippen LogP contribution in [0, 0.1) is 17.8 Å². The first-order valence-corrected chi connectivity index (χ1v) is 6.45. The summed E-state index contributed by atoms with van der Waals surface area (Å²) in [6.45, 7) is 7.35. The number of aliphatic hydroxyl groups excluding tert-OH is 1. The van der Waals surface area contributed by atoms with Crippen LogP contribution < -0.4 is 0 Å². The van der Waals surface area contributed by atoms with Gasteiger partial charge in [-0.15, -0.1) is 0 Å². The second-order valence-electron chi connectivity index (χ2n) is 5.39. The number of aliphatic hydroxyl groups is 1. The molecule has 0 bridgehead atoms. The highest BCUT2D eigenvalue weighted by molar-refractivity contribution is 5.72. The fraction of sp³-hybridized carbons (Fsp3) is 0.923. The summed E-state index contributed by atoms with van der Waals surface area (Å²) in [4.78, 5) is 11.7. The first kappa shape index (κ1) is 14.5. The van der Waals surface area contributed by atoms with Gasteiger partial charge in [0.1, 0.15) is 0 Å². The lowest BCUT2D eigenvalue weighted by molar-refractivity contribution is -0.174. The number of carbonyl (C=O) groups is 1. The summed E-state index contributed by atoms with van der Waals surface area (Å²) in [5, 5.41) is 9.53. The molecule has 3 unspecified atom stereocenters. The van der Waals surface area contributed by atoms with Crippen LogP contribution in [0.5, 0.6) is 0 Å². The van der Waals surface area contributed by atoms with Crippen LogP contribution in [0.1, 0.15) is 40.0 Å². The third-order valence-corrected chi connectivity index (χ3v) is 3.04. The van der Waals surface area contributed by atoms with Gasteiger partial charge in [-0.2, -0.15) is 0 Å². The number of carbonyl (C=O) groups excluding carboxylic acids is 1. The third kappa shape index (κ3) is 5.50. The normalized spacial score (nSPS) is 23.7. The van der Waals surface area contributed by atoms with E-state index in [4.69, 9.17) is 9.47 Å². The Morgan fingerprint density at radius 3 is 2.71 bits per heavy atom. The minimum atomic E-state index is -0.968. The van der Waals surface area contributed by atoms with Gasteiger partial charge in [-0.25, -0.2) is 0 Å². The van der Waals surface area contributed by atoms with E-state index < -0.39 is 6.29 Å². The van der Waals surface area contributed by atoms with Crippen LogP contribution in [-0.4, -0.2) is 30.6 Å². The van der Waals surface area contributed by atoms with Crippen molar-refractivity contribution in [3.8, 4) is 0 Å². The van der Waals surface area contributed by atoms with E-state index in [0.29, 0.717) is 18.3 Å². The van der Waals surface area contributed by atoms with Gasteiger partial charge in [0.2, 0.25) is 6.29 Å². The van der Waals surface area contributed by atoms with E-state index in [2.05, 4.69) is 0 Å². The monoisotopic (exact) mass is 244 g/mol. The predicted molar refractivity (Wildman–Crippen MR) is 64.3 cm³/mol. The van der Waals surface area contributed by atoms with Gasteiger partial charge >= 0.3 is 5.97 Å². The van der Waals surface area contributed by atoms with Gasteiger partial charge in [0.05, 0.1) is 5.92 Å². The average molecular weight is 244 g/mol. The van der Waals surface area contributed by atoms with Crippen molar-refractivity contribution in [3.05, 3.63) is 0 Å². The van der Waals surface area contributed by atoms with Gasteiger partial charge < -0.3 is 14.6 Å².